The molecule has 2 unspecified atom stereocenters. The molecular formula is C25H32ClN7O3S. The van der Waals surface area contributed by atoms with Crippen molar-refractivity contribution in [1.29, 1.82) is 0 Å². The van der Waals surface area contributed by atoms with Gasteiger partial charge in [0.05, 0.1) is 29.2 Å². The largest absolute Gasteiger partial charge is 0.355 e. The number of aryl methyl sites for hydroxylation is 1. The summed E-state index contributed by atoms with van der Waals surface area (Å²) in [4.78, 5) is 22.7. The number of piperidine rings is 1. The number of nitrogens with zero attached hydrogens (tertiary/aromatic N) is 5. The third-order valence-corrected chi connectivity index (χ3v) is 7.97. The number of nitrogens with one attached hydrogen (secondary N) is 2. The van der Waals surface area contributed by atoms with Crippen molar-refractivity contribution in [2.45, 2.75) is 44.7 Å². The van der Waals surface area contributed by atoms with Gasteiger partial charge < -0.3 is 15.1 Å². The van der Waals surface area contributed by atoms with Crippen LogP contribution in [0.5, 0.6) is 0 Å². The SMILES string of the molecule is CNC1CCN(c2cc(C)n3nc(C4CCCCN4C(=O)c4cc(Cl)ccc4NS(C)(=O)=O)cc3n2)C1. The molecule has 1 amide bonds. The summed E-state index contributed by atoms with van der Waals surface area (Å²) in [6, 6.07) is 8.82. The van der Waals surface area contributed by atoms with E-state index in [0.29, 0.717) is 17.6 Å². The number of anilines is 2. The van der Waals surface area contributed by atoms with Crippen molar-refractivity contribution >= 4 is 44.7 Å². The van der Waals surface area contributed by atoms with Gasteiger partial charge in [-0.3, -0.25) is 9.52 Å². The lowest BCUT2D eigenvalue weighted by atomic mass is 9.98. The Kier molecular flexibility index (Phi) is 7.03. The number of likely N-dealkylation sites (tertiary alicyclic amines) is 1. The van der Waals surface area contributed by atoms with Crippen molar-refractivity contribution < 1.29 is 13.2 Å². The highest BCUT2D eigenvalue weighted by Gasteiger charge is 2.32. The van der Waals surface area contributed by atoms with Gasteiger partial charge in [0, 0.05) is 48.5 Å². The number of benzene rings is 1. The summed E-state index contributed by atoms with van der Waals surface area (Å²) >= 11 is 6.20. The summed E-state index contributed by atoms with van der Waals surface area (Å²) in [5, 5.41) is 8.55. The minimum atomic E-state index is -3.58. The molecule has 10 nitrogen and oxygen atoms in total. The van der Waals surface area contributed by atoms with E-state index in [9.17, 15) is 13.2 Å². The van der Waals surface area contributed by atoms with Crippen molar-refractivity contribution in [2.75, 3.05) is 42.6 Å². The predicted molar refractivity (Wildman–Crippen MR) is 145 cm³/mol. The standard InChI is InChI=1S/C25H32ClN7O3S/c1-16-12-23(31-11-9-18(15-31)27-2)28-24-14-21(29-33(16)24)22-6-4-5-10-32(22)25(34)19-13-17(26)7-8-20(19)30-37(3,35)36/h7-8,12-14,18,22,27,30H,4-6,9-11,15H2,1-3H3. The van der Waals surface area contributed by atoms with E-state index in [0.717, 1.165) is 67.9 Å². The first-order valence-electron chi connectivity index (χ1n) is 12.5. The molecule has 0 saturated carbocycles. The smallest absolute Gasteiger partial charge is 0.256 e. The summed E-state index contributed by atoms with van der Waals surface area (Å²) < 4.78 is 28.1. The summed E-state index contributed by atoms with van der Waals surface area (Å²) in [7, 11) is -1.59. The number of carbonyl (C=O) groups excluding carboxylic acids is 1. The zero-order valence-electron chi connectivity index (χ0n) is 21.2. The molecule has 0 radical (unpaired) electrons. The summed E-state index contributed by atoms with van der Waals surface area (Å²) in [6.45, 7) is 4.41. The first-order valence-corrected chi connectivity index (χ1v) is 14.8. The monoisotopic (exact) mass is 545 g/mol. The van der Waals surface area contributed by atoms with Gasteiger partial charge in [-0.1, -0.05) is 11.6 Å². The quantitative estimate of drug-likeness (QED) is 0.489. The number of likely N-dealkylation sites (N-methyl/N-ethyl adjacent to an activating group) is 1. The average molecular weight is 546 g/mol. The van der Waals surface area contributed by atoms with Gasteiger partial charge in [0.2, 0.25) is 10.0 Å². The van der Waals surface area contributed by atoms with Crippen LogP contribution in [0.3, 0.4) is 0 Å². The first-order chi connectivity index (χ1) is 17.6. The van der Waals surface area contributed by atoms with Gasteiger partial charge in [0.25, 0.3) is 5.91 Å². The minimum Gasteiger partial charge on any atom is -0.355 e. The van der Waals surface area contributed by atoms with Crippen LogP contribution in [0.2, 0.25) is 5.02 Å². The first kappa shape index (κ1) is 25.7. The molecule has 0 spiro atoms. The summed E-state index contributed by atoms with van der Waals surface area (Å²) in [5.74, 6) is 0.650. The average Bonchev–Trinajstić information content (AvgIpc) is 3.51. The van der Waals surface area contributed by atoms with Crippen LogP contribution in [0.1, 0.15) is 53.5 Å². The zero-order chi connectivity index (χ0) is 26.3. The lowest BCUT2D eigenvalue weighted by Crippen LogP contribution is -2.39. The van der Waals surface area contributed by atoms with Crippen molar-refractivity contribution in [2.24, 2.45) is 0 Å². The van der Waals surface area contributed by atoms with Gasteiger partial charge in [-0.05, 0) is 57.9 Å². The molecule has 0 aliphatic carbocycles. The molecule has 0 bridgehead atoms. The molecule has 2 aromatic heterocycles. The van der Waals surface area contributed by atoms with Gasteiger partial charge in [-0.15, -0.1) is 0 Å². The normalized spacial score (nSPS) is 20.5. The second-order valence-electron chi connectivity index (χ2n) is 9.89. The molecule has 37 heavy (non-hydrogen) atoms. The number of amides is 1. The fourth-order valence-corrected chi connectivity index (χ4v) is 6.02. The van der Waals surface area contributed by atoms with E-state index in [1.165, 1.54) is 12.1 Å². The number of sulfonamides is 1. The van der Waals surface area contributed by atoms with E-state index in [1.807, 2.05) is 24.6 Å². The number of carbonyl (C=O) groups is 1. The van der Waals surface area contributed by atoms with Crippen LogP contribution in [0.15, 0.2) is 30.3 Å². The summed E-state index contributed by atoms with van der Waals surface area (Å²) in [5.41, 5.74) is 2.93. The maximum atomic E-state index is 13.8. The highest BCUT2D eigenvalue weighted by atomic mass is 35.5. The zero-order valence-corrected chi connectivity index (χ0v) is 22.8. The second-order valence-corrected chi connectivity index (χ2v) is 12.1. The lowest BCUT2D eigenvalue weighted by Gasteiger charge is -2.35. The molecule has 1 aromatic carbocycles. The Morgan fingerprint density at radius 3 is 2.68 bits per heavy atom. The number of halogens is 1. The van der Waals surface area contributed by atoms with Gasteiger partial charge in [0.1, 0.15) is 5.82 Å². The molecule has 4 heterocycles. The fraction of sp³-hybridized carbons (Fsp3) is 0.480. The Hall–Kier alpha value is -2.89. The minimum absolute atomic E-state index is 0.212. The molecule has 2 saturated heterocycles. The Morgan fingerprint density at radius 1 is 1.14 bits per heavy atom. The molecule has 2 aliphatic heterocycles. The van der Waals surface area contributed by atoms with Gasteiger partial charge in [0.15, 0.2) is 5.65 Å². The van der Waals surface area contributed by atoms with Gasteiger partial charge >= 0.3 is 0 Å². The van der Waals surface area contributed by atoms with E-state index in [1.54, 1.807) is 11.0 Å². The van der Waals surface area contributed by atoms with Crippen LogP contribution in [0, 0.1) is 6.92 Å². The Labute approximate surface area is 222 Å². The van der Waals surface area contributed by atoms with Crippen molar-refractivity contribution in [3.63, 3.8) is 0 Å². The van der Waals surface area contributed by atoms with Crippen molar-refractivity contribution in [3.8, 4) is 0 Å². The number of aromatic nitrogens is 3. The number of rotatable bonds is 6. The molecule has 198 valence electrons. The van der Waals surface area contributed by atoms with Gasteiger partial charge in [-0.2, -0.15) is 5.10 Å². The maximum absolute atomic E-state index is 13.8. The number of hydrogen-bond acceptors (Lipinski definition) is 7. The molecule has 2 N–H and O–H groups in total. The van der Waals surface area contributed by atoms with Crippen LogP contribution < -0.4 is 14.9 Å². The van der Waals surface area contributed by atoms with Crippen LogP contribution in [-0.2, 0) is 10.0 Å². The molecule has 2 aliphatic rings. The van der Waals surface area contributed by atoms with E-state index >= 15 is 0 Å². The van der Waals surface area contributed by atoms with E-state index < -0.39 is 10.0 Å². The second kappa shape index (κ2) is 10.1. The molecule has 3 aromatic rings. The third-order valence-electron chi connectivity index (χ3n) is 7.14. The number of hydrogen-bond donors (Lipinski definition) is 2. The maximum Gasteiger partial charge on any atom is 0.256 e. The van der Waals surface area contributed by atoms with E-state index in [4.69, 9.17) is 21.7 Å². The Morgan fingerprint density at radius 2 is 1.95 bits per heavy atom. The highest BCUT2D eigenvalue weighted by molar-refractivity contribution is 7.92. The van der Waals surface area contributed by atoms with Gasteiger partial charge in [-0.25, -0.2) is 17.9 Å². The molecule has 5 rings (SSSR count). The van der Waals surface area contributed by atoms with E-state index in [-0.39, 0.29) is 23.2 Å². The van der Waals surface area contributed by atoms with E-state index in [2.05, 4.69) is 21.0 Å². The van der Waals surface area contributed by atoms with Crippen molar-refractivity contribution in [1.82, 2.24) is 24.8 Å². The molecular weight excluding hydrogens is 514 g/mol. The Balaban J connectivity index is 1.48. The molecule has 2 fully saturated rings. The lowest BCUT2D eigenvalue weighted by molar-refractivity contribution is 0.0607. The fourth-order valence-electron chi connectivity index (χ4n) is 5.27. The van der Waals surface area contributed by atoms with Crippen LogP contribution in [-0.4, -0.2) is 72.8 Å². The topological polar surface area (TPSA) is 112 Å². The highest BCUT2D eigenvalue weighted by Crippen LogP contribution is 2.34. The molecule has 2 atom stereocenters. The van der Waals surface area contributed by atoms with Crippen LogP contribution in [0.4, 0.5) is 11.5 Å². The van der Waals surface area contributed by atoms with Crippen LogP contribution in [0.25, 0.3) is 5.65 Å². The third kappa shape index (κ3) is 5.39. The predicted octanol–water partition coefficient (Wildman–Crippen LogP) is 3.23. The summed E-state index contributed by atoms with van der Waals surface area (Å²) in [6.07, 6.45) is 4.71. The Bertz CT molecular complexity index is 1440. The van der Waals surface area contributed by atoms with Crippen LogP contribution >= 0.6 is 11.6 Å². The number of fused-ring (bicyclic) bond motifs is 1. The van der Waals surface area contributed by atoms with Crippen molar-refractivity contribution in [3.05, 3.63) is 52.3 Å². The molecule has 12 heteroatoms.